The molecule has 7 heteroatoms. The van der Waals surface area contributed by atoms with E-state index in [1.165, 1.54) is 0 Å². The van der Waals surface area contributed by atoms with E-state index in [0.29, 0.717) is 6.08 Å². The molecule has 0 aliphatic heterocycles. The van der Waals surface area contributed by atoms with Crippen molar-refractivity contribution in [1.82, 2.24) is 0 Å². The molecule has 0 unspecified atom stereocenters. The van der Waals surface area contributed by atoms with E-state index in [2.05, 4.69) is 9.47 Å². The minimum absolute atomic E-state index is 0.120. The summed E-state index contributed by atoms with van der Waals surface area (Å²) in [7, 11) is 2.27. The van der Waals surface area contributed by atoms with Crippen molar-refractivity contribution in [3.8, 4) is 0 Å². The monoisotopic (exact) mass is 240 g/mol. The van der Waals surface area contributed by atoms with Crippen molar-refractivity contribution in [1.29, 1.82) is 0 Å². The number of hydrogen-bond donors (Lipinski definition) is 0. The highest BCUT2D eigenvalue weighted by Crippen LogP contribution is 2.18. The van der Waals surface area contributed by atoms with Gasteiger partial charge < -0.3 is 9.47 Å². The van der Waals surface area contributed by atoms with Crippen LogP contribution in [0.3, 0.4) is 0 Å². The van der Waals surface area contributed by atoms with Crippen molar-refractivity contribution in [2.45, 2.75) is 19.0 Å². The quantitative estimate of drug-likeness (QED) is 0.416. The number of halogens is 3. The fourth-order valence-electron chi connectivity index (χ4n) is 0.789. The van der Waals surface area contributed by atoms with E-state index < -0.39 is 17.9 Å². The zero-order valence-corrected chi connectivity index (χ0v) is 8.76. The van der Waals surface area contributed by atoms with Crippen LogP contribution in [0.25, 0.3) is 0 Å². The summed E-state index contributed by atoms with van der Waals surface area (Å²) in [4.78, 5) is 21.3. The fourth-order valence-corrected chi connectivity index (χ4v) is 0.789. The summed E-state index contributed by atoms with van der Waals surface area (Å²) >= 11 is 0. The zero-order valence-electron chi connectivity index (χ0n) is 8.76. The third kappa shape index (κ3) is 5.38. The van der Waals surface area contributed by atoms with Gasteiger partial charge in [0, 0.05) is 12.5 Å². The highest BCUT2D eigenvalue weighted by Gasteiger charge is 2.36. The van der Waals surface area contributed by atoms with Crippen LogP contribution in [0.4, 0.5) is 13.2 Å². The minimum Gasteiger partial charge on any atom is -0.501 e. The van der Waals surface area contributed by atoms with Gasteiger partial charge in [0.25, 0.3) is 5.78 Å². The van der Waals surface area contributed by atoms with Crippen LogP contribution in [0.5, 0.6) is 0 Å². The Hall–Kier alpha value is -1.53. The van der Waals surface area contributed by atoms with Crippen molar-refractivity contribution >= 4 is 11.8 Å². The molecule has 0 spiro atoms. The second-order valence-electron chi connectivity index (χ2n) is 2.75. The Balaban J connectivity index is 4.44. The number of carbonyl (C=O) groups is 2. The first kappa shape index (κ1) is 14.5. The van der Waals surface area contributed by atoms with Crippen molar-refractivity contribution in [3.05, 3.63) is 11.8 Å². The molecule has 0 N–H and O–H groups in total. The maximum Gasteiger partial charge on any atom is 0.454 e. The van der Waals surface area contributed by atoms with Crippen LogP contribution in [0, 0.1) is 0 Å². The van der Waals surface area contributed by atoms with Gasteiger partial charge in [-0.05, 0) is 0 Å². The summed E-state index contributed by atoms with van der Waals surface area (Å²) in [5.74, 6) is -2.83. The van der Waals surface area contributed by atoms with Crippen molar-refractivity contribution in [2.24, 2.45) is 0 Å². The number of allylic oxidation sites excluding steroid dienone is 2. The molecule has 0 aliphatic carbocycles. The first-order valence-corrected chi connectivity index (χ1v) is 4.23. The Morgan fingerprint density at radius 2 is 1.69 bits per heavy atom. The Bertz CT molecular complexity index is 294. The molecule has 0 radical (unpaired) electrons. The number of esters is 1. The molecule has 0 bridgehead atoms. The van der Waals surface area contributed by atoms with Gasteiger partial charge in [-0.15, -0.1) is 0 Å². The predicted molar refractivity (Wildman–Crippen MR) is 47.4 cm³/mol. The Morgan fingerprint density at radius 3 is 2.06 bits per heavy atom. The summed E-state index contributed by atoms with van der Waals surface area (Å²) in [6.07, 6.45) is -4.88. The lowest BCUT2D eigenvalue weighted by molar-refractivity contribution is -0.165. The number of ether oxygens (including phenoxy) is 2. The van der Waals surface area contributed by atoms with E-state index >= 15 is 0 Å². The van der Waals surface area contributed by atoms with Gasteiger partial charge in [0.1, 0.15) is 0 Å². The van der Waals surface area contributed by atoms with Crippen molar-refractivity contribution in [3.63, 3.8) is 0 Å². The molecular formula is C9H11F3O4. The van der Waals surface area contributed by atoms with E-state index in [-0.39, 0.29) is 18.6 Å². The van der Waals surface area contributed by atoms with E-state index in [9.17, 15) is 22.8 Å². The third-order valence-electron chi connectivity index (χ3n) is 1.64. The molecular weight excluding hydrogens is 229 g/mol. The summed E-state index contributed by atoms with van der Waals surface area (Å²) in [6, 6.07) is 0. The SMILES string of the molecule is COC(=O)CCC(=CC(=O)C(F)(F)F)OC. The number of methoxy groups -OCH3 is 2. The van der Waals surface area contributed by atoms with Crippen LogP contribution in [0.2, 0.25) is 0 Å². The van der Waals surface area contributed by atoms with Crippen LogP contribution < -0.4 is 0 Å². The lowest BCUT2D eigenvalue weighted by Crippen LogP contribution is -2.20. The highest BCUT2D eigenvalue weighted by atomic mass is 19.4. The fraction of sp³-hybridized carbons (Fsp3) is 0.556. The number of carbonyl (C=O) groups excluding carboxylic acids is 2. The predicted octanol–water partition coefficient (Wildman–Crippen LogP) is 1.60. The first-order chi connectivity index (χ1) is 7.31. The molecule has 0 aromatic rings. The average molecular weight is 240 g/mol. The van der Waals surface area contributed by atoms with E-state index in [4.69, 9.17) is 0 Å². The highest BCUT2D eigenvalue weighted by molar-refractivity contribution is 5.94. The number of ketones is 1. The van der Waals surface area contributed by atoms with Gasteiger partial charge in [-0.2, -0.15) is 13.2 Å². The molecule has 0 amide bonds. The smallest absolute Gasteiger partial charge is 0.454 e. The third-order valence-corrected chi connectivity index (χ3v) is 1.64. The Labute approximate surface area is 90.0 Å². The Morgan fingerprint density at radius 1 is 1.12 bits per heavy atom. The van der Waals surface area contributed by atoms with Crippen molar-refractivity contribution < 1.29 is 32.2 Å². The van der Waals surface area contributed by atoms with Gasteiger partial charge in [0.15, 0.2) is 0 Å². The first-order valence-electron chi connectivity index (χ1n) is 4.23. The number of alkyl halides is 3. The molecule has 0 fully saturated rings. The summed E-state index contributed by atoms with van der Waals surface area (Å²) in [5, 5.41) is 0. The summed E-state index contributed by atoms with van der Waals surface area (Å²) in [5.41, 5.74) is 0. The van der Waals surface area contributed by atoms with Crippen LogP contribution in [0.15, 0.2) is 11.8 Å². The second-order valence-corrected chi connectivity index (χ2v) is 2.75. The van der Waals surface area contributed by atoms with Gasteiger partial charge in [-0.1, -0.05) is 0 Å². The number of rotatable bonds is 5. The zero-order chi connectivity index (χ0) is 12.8. The topological polar surface area (TPSA) is 52.6 Å². The number of hydrogen-bond acceptors (Lipinski definition) is 4. The van der Waals surface area contributed by atoms with Crippen LogP contribution in [-0.2, 0) is 19.1 Å². The maximum atomic E-state index is 11.9. The van der Waals surface area contributed by atoms with E-state index in [0.717, 1.165) is 14.2 Å². The molecule has 0 aromatic carbocycles. The molecule has 4 nitrogen and oxygen atoms in total. The van der Waals surface area contributed by atoms with Gasteiger partial charge in [-0.25, -0.2) is 0 Å². The standard InChI is InChI=1S/C9H11F3O4/c1-15-6(3-4-8(14)16-2)5-7(13)9(10,11)12/h5H,3-4H2,1-2H3. The van der Waals surface area contributed by atoms with Crippen molar-refractivity contribution in [2.75, 3.05) is 14.2 Å². The molecule has 0 rings (SSSR count). The molecule has 0 saturated carbocycles. The van der Waals surface area contributed by atoms with Crippen LogP contribution >= 0.6 is 0 Å². The maximum absolute atomic E-state index is 11.9. The van der Waals surface area contributed by atoms with Crippen LogP contribution in [-0.4, -0.2) is 32.1 Å². The lowest BCUT2D eigenvalue weighted by Gasteiger charge is -2.06. The van der Waals surface area contributed by atoms with E-state index in [1.807, 2.05) is 0 Å². The summed E-state index contributed by atoms with van der Waals surface area (Å²) < 4.78 is 44.4. The largest absolute Gasteiger partial charge is 0.501 e. The van der Waals surface area contributed by atoms with Gasteiger partial charge in [0.05, 0.1) is 26.4 Å². The molecule has 0 heterocycles. The van der Waals surface area contributed by atoms with Crippen LogP contribution in [0.1, 0.15) is 12.8 Å². The van der Waals surface area contributed by atoms with Gasteiger partial charge in [0.2, 0.25) is 0 Å². The minimum atomic E-state index is -4.94. The van der Waals surface area contributed by atoms with Gasteiger partial charge in [-0.3, -0.25) is 9.59 Å². The van der Waals surface area contributed by atoms with Gasteiger partial charge >= 0.3 is 12.1 Å². The molecule has 0 aliphatic rings. The molecule has 0 aromatic heterocycles. The molecule has 16 heavy (non-hydrogen) atoms. The summed E-state index contributed by atoms with van der Waals surface area (Å²) in [6.45, 7) is 0. The lowest BCUT2D eigenvalue weighted by atomic mass is 10.2. The molecule has 92 valence electrons. The Kier molecular flexibility index (Phi) is 5.55. The molecule has 0 atom stereocenters. The normalized spacial score (nSPS) is 12.2. The van der Waals surface area contributed by atoms with E-state index in [1.54, 1.807) is 0 Å². The average Bonchev–Trinajstić information content (AvgIpc) is 2.21. The second kappa shape index (κ2) is 6.14. The molecule has 0 saturated heterocycles.